The third kappa shape index (κ3) is 2.78. The lowest BCUT2D eigenvalue weighted by atomic mass is 10.2. The summed E-state index contributed by atoms with van der Waals surface area (Å²) in [5, 5.41) is 3.56. The lowest BCUT2D eigenvalue weighted by molar-refractivity contribution is 0.103. The van der Waals surface area contributed by atoms with Gasteiger partial charge in [0.1, 0.15) is 4.83 Å². The van der Waals surface area contributed by atoms with Crippen LogP contribution >= 0.6 is 11.3 Å². The zero-order chi connectivity index (χ0) is 18.3. The minimum absolute atomic E-state index is 0.125. The normalized spacial score (nSPS) is 14.2. The molecule has 1 aliphatic rings. The van der Waals surface area contributed by atoms with Crippen molar-refractivity contribution in [1.82, 2.24) is 9.55 Å². The van der Waals surface area contributed by atoms with E-state index < -0.39 is 0 Å². The lowest BCUT2D eigenvalue weighted by Crippen LogP contribution is -2.21. The molecule has 0 saturated carbocycles. The Labute approximate surface area is 155 Å². The molecule has 1 N–H and O–H groups in total. The van der Waals surface area contributed by atoms with Gasteiger partial charge in [-0.1, -0.05) is 12.1 Å². The summed E-state index contributed by atoms with van der Waals surface area (Å²) in [7, 11) is 1.66. The van der Waals surface area contributed by atoms with Crippen LogP contribution in [0.5, 0.6) is 0 Å². The Hall–Kier alpha value is -2.67. The first kappa shape index (κ1) is 16.8. The van der Waals surface area contributed by atoms with Gasteiger partial charge in [0.25, 0.3) is 11.5 Å². The predicted molar refractivity (Wildman–Crippen MR) is 105 cm³/mol. The molecule has 0 aliphatic carbocycles. The van der Waals surface area contributed by atoms with Crippen LogP contribution in [0.25, 0.3) is 10.2 Å². The van der Waals surface area contributed by atoms with Crippen LogP contribution in [0.2, 0.25) is 0 Å². The van der Waals surface area contributed by atoms with Crippen molar-refractivity contribution >= 4 is 38.8 Å². The van der Waals surface area contributed by atoms with Gasteiger partial charge >= 0.3 is 0 Å². The Balaban J connectivity index is 1.70. The van der Waals surface area contributed by atoms with Gasteiger partial charge in [-0.25, -0.2) is 4.98 Å². The SMILES string of the molecule is Cc1c(C(=O)Nc2ccccc2N2CCCC2)sc2ncn(C)c(=O)c12. The van der Waals surface area contributed by atoms with Crippen LogP contribution in [0.1, 0.15) is 28.1 Å². The average molecular weight is 368 g/mol. The maximum atomic E-state index is 12.9. The fraction of sp³-hybridized carbons (Fsp3) is 0.316. The number of nitrogens with one attached hydrogen (secondary N) is 1. The molecule has 7 heteroatoms. The smallest absolute Gasteiger partial charge is 0.266 e. The number of hydrogen-bond donors (Lipinski definition) is 1. The molecule has 0 spiro atoms. The van der Waals surface area contributed by atoms with E-state index >= 15 is 0 Å². The third-order valence-corrected chi connectivity index (χ3v) is 6.01. The second kappa shape index (κ2) is 6.57. The number of hydrogen-bond acceptors (Lipinski definition) is 5. The number of fused-ring (bicyclic) bond motifs is 1. The molecule has 1 amide bonds. The summed E-state index contributed by atoms with van der Waals surface area (Å²) in [4.78, 5) is 33.0. The number of carbonyl (C=O) groups excluding carboxylic acids is 1. The van der Waals surface area contributed by atoms with Crippen molar-refractivity contribution in [3.05, 3.63) is 51.4 Å². The molecule has 6 nitrogen and oxygen atoms in total. The molecular weight excluding hydrogens is 348 g/mol. The molecule has 1 aromatic carbocycles. The molecule has 0 atom stereocenters. The van der Waals surface area contributed by atoms with Gasteiger partial charge in [-0.3, -0.25) is 9.59 Å². The molecule has 3 heterocycles. The fourth-order valence-electron chi connectivity index (χ4n) is 3.42. The van der Waals surface area contributed by atoms with Crippen LogP contribution in [0.3, 0.4) is 0 Å². The van der Waals surface area contributed by atoms with Crippen LogP contribution in [-0.4, -0.2) is 28.5 Å². The summed E-state index contributed by atoms with van der Waals surface area (Å²) in [6.07, 6.45) is 3.84. The maximum Gasteiger partial charge on any atom is 0.266 e. The number of aryl methyl sites for hydroxylation is 2. The van der Waals surface area contributed by atoms with Crippen molar-refractivity contribution < 1.29 is 4.79 Å². The van der Waals surface area contributed by atoms with E-state index in [-0.39, 0.29) is 11.5 Å². The molecule has 0 unspecified atom stereocenters. The monoisotopic (exact) mass is 368 g/mol. The highest BCUT2D eigenvalue weighted by molar-refractivity contribution is 7.20. The van der Waals surface area contributed by atoms with Gasteiger partial charge in [-0.15, -0.1) is 11.3 Å². The van der Waals surface area contributed by atoms with Crippen molar-refractivity contribution in [2.24, 2.45) is 7.05 Å². The Morgan fingerprint density at radius 3 is 2.73 bits per heavy atom. The number of para-hydroxylation sites is 2. The Kier molecular flexibility index (Phi) is 4.24. The number of rotatable bonds is 3. The molecule has 2 aromatic heterocycles. The number of benzene rings is 1. The molecular formula is C19H20N4O2S. The van der Waals surface area contributed by atoms with Crippen molar-refractivity contribution in [2.45, 2.75) is 19.8 Å². The van der Waals surface area contributed by atoms with E-state index in [2.05, 4.69) is 15.2 Å². The number of amides is 1. The molecule has 3 aromatic rings. The van der Waals surface area contributed by atoms with E-state index in [1.54, 1.807) is 7.05 Å². The quantitative estimate of drug-likeness (QED) is 0.771. The zero-order valence-corrected chi connectivity index (χ0v) is 15.6. The molecule has 0 bridgehead atoms. The van der Waals surface area contributed by atoms with Crippen molar-refractivity contribution in [1.29, 1.82) is 0 Å². The van der Waals surface area contributed by atoms with Gasteiger partial charge in [0.2, 0.25) is 0 Å². The Morgan fingerprint density at radius 1 is 1.23 bits per heavy atom. The van der Waals surface area contributed by atoms with E-state index in [0.29, 0.717) is 20.7 Å². The van der Waals surface area contributed by atoms with E-state index in [9.17, 15) is 9.59 Å². The average Bonchev–Trinajstić information content (AvgIpc) is 3.27. The van der Waals surface area contributed by atoms with E-state index in [1.807, 2.05) is 31.2 Å². The highest BCUT2D eigenvalue weighted by Gasteiger charge is 2.21. The second-order valence-electron chi connectivity index (χ2n) is 6.56. The van der Waals surface area contributed by atoms with Gasteiger partial charge in [-0.05, 0) is 37.5 Å². The van der Waals surface area contributed by atoms with Gasteiger partial charge in [0, 0.05) is 20.1 Å². The van der Waals surface area contributed by atoms with Crippen molar-refractivity contribution in [3.8, 4) is 0 Å². The highest BCUT2D eigenvalue weighted by Crippen LogP contribution is 2.31. The van der Waals surface area contributed by atoms with Crippen LogP contribution < -0.4 is 15.8 Å². The summed E-state index contributed by atoms with van der Waals surface area (Å²) >= 11 is 1.26. The van der Waals surface area contributed by atoms with Crippen LogP contribution in [0.4, 0.5) is 11.4 Å². The summed E-state index contributed by atoms with van der Waals surface area (Å²) < 4.78 is 1.44. The van der Waals surface area contributed by atoms with E-state index in [4.69, 9.17) is 0 Å². The number of aromatic nitrogens is 2. The van der Waals surface area contributed by atoms with Gasteiger partial charge < -0.3 is 14.8 Å². The first-order valence-corrected chi connectivity index (χ1v) is 9.48. The molecule has 1 saturated heterocycles. The molecule has 1 fully saturated rings. The van der Waals surface area contributed by atoms with Gasteiger partial charge in [0.05, 0.1) is 28.0 Å². The molecule has 1 aliphatic heterocycles. The van der Waals surface area contributed by atoms with E-state index in [1.165, 1.54) is 35.1 Å². The zero-order valence-electron chi connectivity index (χ0n) is 14.8. The summed E-state index contributed by atoms with van der Waals surface area (Å²) in [5.41, 5.74) is 2.42. The van der Waals surface area contributed by atoms with Crippen molar-refractivity contribution in [2.75, 3.05) is 23.3 Å². The molecule has 134 valence electrons. The molecule has 4 rings (SSSR count). The number of nitrogens with zero attached hydrogens (tertiary/aromatic N) is 3. The maximum absolute atomic E-state index is 12.9. The standard InChI is InChI=1S/C19H20N4O2S/c1-12-15-18(20-11-22(2)19(15)25)26-16(12)17(24)21-13-7-3-4-8-14(13)23-9-5-6-10-23/h3-4,7-8,11H,5-6,9-10H2,1-2H3,(H,21,24). The topological polar surface area (TPSA) is 67.2 Å². The van der Waals surface area contributed by atoms with Gasteiger partial charge in [0.15, 0.2) is 0 Å². The first-order chi connectivity index (χ1) is 12.6. The highest BCUT2D eigenvalue weighted by atomic mass is 32.1. The van der Waals surface area contributed by atoms with Crippen LogP contribution in [0.15, 0.2) is 35.4 Å². The van der Waals surface area contributed by atoms with Crippen molar-refractivity contribution in [3.63, 3.8) is 0 Å². The summed E-state index contributed by atoms with van der Waals surface area (Å²) in [6, 6.07) is 7.87. The minimum Gasteiger partial charge on any atom is -0.370 e. The second-order valence-corrected chi connectivity index (χ2v) is 7.56. The number of carbonyl (C=O) groups is 1. The first-order valence-electron chi connectivity index (χ1n) is 8.66. The van der Waals surface area contributed by atoms with Crippen LogP contribution in [0, 0.1) is 6.92 Å². The largest absolute Gasteiger partial charge is 0.370 e. The molecule has 0 radical (unpaired) electrons. The van der Waals surface area contributed by atoms with Crippen LogP contribution in [-0.2, 0) is 7.05 Å². The minimum atomic E-state index is -0.195. The molecule has 26 heavy (non-hydrogen) atoms. The van der Waals surface area contributed by atoms with Gasteiger partial charge in [-0.2, -0.15) is 0 Å². The predicted octanol–water partition coefficient (Wildman–Crippen LogP) is 3.16. The Bertz CT molecular complexity index is 1050. The number of anilines is 2. The van der Waals surface area contributed by atoms with E-state index in [0.717, 1.165) is 24.5 Å². The number of thiophene rings is 1. The summed E-state index contributed by atoms with van der Waals surface area (Å²) in [5.74, 6) is -0.195. The fourth-order valence-corrected chi connectivity index (χ4v) is 4.45. The lowest BCUT2D eigenvalue weighted by Gasteiger charge is -2.21. The third-order valence-electron chi connectivity index (χ3n) is 4.82. The Morgan fingerprint density at radius 2 is 1.96 bits per heavy atom. The summed E-state index contributed by atoms with van der Waals surface area (Å²) in [6.45, 7) is 3.83.